The average Bonchev–Trinajstić information content (AvgIpc) is 3.10. The third kappa shape index (κ3) is 7.24. The highest BCUT2D eigenvalue weighted by Gasteiger charge is 2.36. The number of hydrogen-bond donors (Lipinski definition) is 0. The number of thioether (sulfide) groups is 1. The van der Waals surface area contributed by atoms with Crippen LogP contribution in [0.15, 0.2) is 60.0 Å². The van der Waals surface area contributed by atoms with Gasteiger partial charge >= 0.3 is 5.97 Å². The third-order valence-corrected chi connectivity index (χ3v) is 5.99. The molecule has 0 N–H and O–H groups in total. The van der Waals surface area contributed by atoms with E-state index in [0.717, 1.165) is 27.8 Å². The molecule has 0 saturated carbocycles. The van der Waals surface area contributed by atoms with E-state index in [4.69, 9.17) is 14.2 Å². The van der Waals surface area contributed by atoms with Gasteiger partial charge in [-0.05, 0) is 60.4 Å². The fourth-order valence-electron chi connectivity index (χ4n) is 3.45. The first-order valence-electron chi connectivity index (χ1n) is 11.8. The standard InChI is InChI=1S/C28H31NO6S/c1-5-10-22-13-21(14-23(33-6-2)26(22)35-18-20-11-8-7-9-12-20)15-24-27(31)29(28(32)36-24)16-25(30)34-17-19(3)4/h5,7-9,11-15,19H,1,6,10,16-18H2,2-4H3/b24-15-. The Morgan fingerprint density at radius 2 is 1.89 bits per heavy atom. The Morgan fingerprint density at radius 3 is 2.56 bits per heavy atom. The van der Waals surface area contributed by atoms with E-state index in [2.05, 4.69) is 6.58 Å². The summed E-state index contributed by atoms with van der Waals surface area (Å²) in [5.41, 5.74) is 2.54. The first kappa shape index (κ1) is 27.1. The van der Waals surface area contributed by atoms with Crippen molar-refractivity contribution in [1.82, 2.24) is 4.90 Å². The number of benzene rings is 2. The third-order valence-electron chi connectivity index (χ3n) is 5.08. The Balaban J connectivity index is 1.85. The Hall–Kier alpha value is -3.52. The molecule has 7 nitrogen and oxygen atoms in total. The molecule has 1 fully saturated rings. The second kappa shape index (κ2) is 13.0. The van der Waals surface area contributed by atoms with Crippen molar-refractivity contribution in [3.05, 3.63) is 76.7 Å². The molecule has 36 heavy (non-hydrogen) atoms. The van der Waals surface area contributed by atoms with Gasteiger partial charge < -0.3 is 14.2 Å². The van der Waals surface area contributed by atoms with E-state index in [1.165, 1.54) is 0 Å². The highest BCUT2D eigenvalue weighted by molar-refractivity contribution is 8.18. The Labute approximate surface area is 216 Å². The lowest BCUT2D eigenvalue weighted by Crippen LogP contribution is -2.34. The van der Waals surface area contributed by atoms with Crippen molar-refractivity contribution < 1.29 is 28.6 Å². The zero-order valence-corrected chi connectivity index (χ0v) is 21.6. The summed E-state index contributed by atoms with van der Waals surface area (Å²) in [6, 6.07) is 13.5. The average molecular weight is 510 g/mol. The Morgan fingerprint density at radius 1 is 1.14 bits per heavy atom. The Kier molecular flexibility index (Phi) is 9.76. The van der Waals surface area contributed by atoms with Gasteiger partial charge in [-0.25, -0.2) is 0 Å². The van der Waals surface area contributed by atoms with Crippen molar-refractivity contribution in [1.29, 1.82) is 0 Å². The first-order chi connectivity index (χ1) is 17.3. The molecule has 0 aliphatic carbocycles. The minimum absolute atomic E-state index is 0.160. The van der Waals surface area contributed by atoms with Crippen molar-refractivity contribution in [2.45, 2.75) is 33.8 Å². The van der Waals surface area contributed by atoms with Gasteiger partial charge in [0, 0.05) is 5.56 Å². The lowest BCUT2D eigenvalue weighted by atomic mass is 10.0. The summed E-state index contributed by atoms with van der Waals surface area (Å²) in [5.74, 6) is 0.167. The van der Waals surface area contributed by atoms with E-state index in [1.54, 1.807) is 18.2 Å². The van der Waals surface area contributed by atoms with Gasteiger partial charge in [-0.1, -0.05) is 50.3 Å². The van der Waals surface area contributed by atoms with Crippen LogP contribution < -0.4 is 9.47 Å². The van der Waals surface area contributed by atoms with E-state index in [-0.39, 0.29) is 17.4 Å². The largest absolute Gasteiger partial charge is 0.490 e. The fourth-order valence-corrected chi connectivity index (χ4v) is 4.29. The molecule has 0 spiro atoms. The number of allylic oxidation sites excluding steroid dienone is 1. The van der Waals surface area contributed by atoms with Crippen LogP contribution in [0.25, 0.3) is 6.08 Å². The quantitative estimate of drug-likeness (QED) is 0.208. The summed E-state index contributed by atoms with van der Waals surface area (Å²) < 4.78 is 17.1. The van der Waals surface area contributed by atoms with Gasteiger partial charge in [0.05, 0.1) is 18.1 Å². The van der Waals surface area contributed by atoms with Crippen molar-refractivity contribution in [3.8, 4) is 11.5 Å². The minimum atomic E-state index is -0.612. The van der Waals surface area contributed by atoms with E-state index in [9.17, 15) is 14.4 Å². The second-order valence-corrected chi connectivity index (χ2v) is 9.55. The molecule has 2 aromatic carbocycles. The number of hydrogen-bond acceptors (Lipinski definition) is 7. The number of carbonyl (C=O) groups excluding carboxylic acids is 3. The molecular weight excluding hydrogens is 478 g/mol. The fraction of sp³-hybridized carbons (Fsp3) is 0.321. The molecule has 0 radical (unpaired) electrons. The maximum absolute atomic E-state index is 12.9. The number of nitrogens with zero attached hydrogens (tertiary/aromatic N) is 1. The topological polar surface area (TPSA) is 82.1 Å². The van der Waals surface area contributed by atoms with Gasteiger partial charge in [0.15, 0.2) is 11.5 Å². The van der Waals surface area contributed by atoms with Crippen LogP contribution in [-0.4, -0.2) is 41.8 Å². The highest BCUT2D eigenvalue weighted by atomic mass is 32.2. The summed E-state index contributed by atoms with van der Waals surface area (Å²) in [5, 5.41) is -0.507. The van der Waals surface area contributed by atoms with Gasteiger partial charge in [-0.2, -0.15) is 0 Å². The number of ether oxygens (including phenoxy) is 3. The molecule has 190 valence electrons. The normalized spacial score (nSPS) is 14.4. The first-order valence-corrected chi connectivity index (χ1v) is 12.6. The Bertz CT molecular complexity index is 1140. The highest BCUT2D eigenvalue weighted by Crippen LogP contribution is 2.37. The molecule has 3 rings (SSSR count). The smallest absolute Gasteiger partial charge is 0.326 e. The number of esters is 1. The van der Waals surface area contributed by atoms with Crippen LogP contribution in [0.5, 0.6) is 11.5 Å². The summed E-state index contributed by atoms with van der Waals surface area (Å²) in [4.78, 5) is 38.5. The maximum Gasteiger partial charge on any atom is 0.326 e. The van der Waals surface area contributed by atoms with Gasteiger partial charge in [-0.15, -0.1) is 6.58 Å². The maximum atomic E-state index is 12.9. The monoisotopic (exact) mass is 509 g/mol. The van der Waals surface area contributed by atoms with Crippen molar-refractivity contribution in [2.24, 2.45) is 5.92 Å². The molecule has 1 aliphatic rings. The van der Waals surface area contributed by atoms with Crippen LogP contribution in [-0.2, 0) is 27.4 Å². The lowest BCUT2D eigenvalue weighted by Gasteiger charge is -2.17. The molecule has 2 aromatic rings. The van der Waals surface area contributed by atoms with Crippen molar-refractivity contribution in [2.75, 3.05) is 19.8 Å². The van der Waals surface area contributed by atoms with E-state index in [1.807, 2.05) is 57.2 Å². The lowest BCUT2D eigenvalue weighted by molar-refractivity contribution is -0.147. The summed E-state index contributed by atoms with van der Waals surface area (Å²) in [6.45, 7) is 10.2. The van der Waals surface area contributed by atoms with Crippen molar-refractivity contribution >= 4 is 35.0 Å². The molecule has 8 heteroatoms. The van der Waals surface area contributed by atoms with Crippen LogP contribution in [0.4, 0.5) is 4.79 Å². The molecule has 1 heterocycles. The molecule has 0 bridgehead atoms. The van der Waals surface area contributed by atoms with Crippen LogP contribution >= 0.6 is 11.8 Å². The van der Waals surface area contributed by atoms with Crippen LogP contribution in [0.2, 0.25) is 0 Å². The predicted molar refractivity (Wildman–Crippen MR) is 141 cm³/mol. The van der Waals surface area contributed by atoms with Crippen LogP contribution in [0.3, 0.4) is 0 Å². The van der Waals surface area contributed by atoms with Crippen LogP contribution in [0, 0.1) is 5.92 Å². The summed E-state index contributed by atoms with van der Waals surface area (Å²) >= 11 is 0.792. The predicted octanol–water partition coefficient (Wildman–Crippen LogP) is 5.63. The summed E-state index contributed by atoms with van der Waals surface area (Å²) in [7, 11) is 0. The molecular formula is C28H31NO6S. The number of carbonyl (C=O) groups is 3. The van der Waals surface area contributed by atoms with Gasteiger partial charge in [0.2, 0.25) is 0 Å². The second-order valence-electron chi connectivity index (χ2n) is 8.55. The zero-order valence-electron chi connectivity index (χ0n) is 20.8. The molecule has 1 saturated heterocycles. The number of imide groups is 1. The van der Waals surface area contributed by atoms with Crippen molar-refractivity contribution in [3.63, 3.8) is 0 Å². The van der Waals surface area contributed by atoms with E-state index < -0.39 is 23.7 Å². The molecule has 0 unspecified atom stereocenters. The molecule has 1 aliphatic heterocycles. The van der Waals surface area contributed by atoms with Crippen LogP contribution in [0.1, 0.15) is 37.5 Å². The minimum Gasteiger partial charge on any atom is -0.490 e. The van der Waals surface area contributed by atoms with Gasteiger partial charge in [0.1, 0.15) is 13.2 Å². The van der Waals surface area contributed by atoms with E-state index >= 15 is 0 Å². The summed E-state index contributed by atoms with van der Waals surface area (Å²) in [6.07, 6.45) is 3.91. The number of rotatable bonds is 12. The zero-order chi connectivity index (χ0) is 26.1. The molecule has 0 atom stereocenters. The van der Waals surface area contributed by atoms with Gasteiger partial charge in [0.25, 0.3) is 11.1 Å². The van der Waals surface area contributed by atoms with E-state index in [0.29, 0.717) is 36.7 Å². The van der Waals surface area contributed by atoms with Gasteiger partial charge in [-0.3, -0.25) is 19.3 Å². The SMILES string of the molecule is C=CCc1cc(/C=C2\SC(=O)N(CC(=O)OCC(C)C)C2=O)cc(OCC)c1OCc1ccccc1. The number of amides is 2. The molecule has 0 aromatic heterocycles. The molecule has 2 amide bonds.